The summed E-state index contributed by atoms with van der Waals surface area (Å²) in [6.45, 7) is 0.964. The van der Waals surface area contributed by atoms with Gasteiger partial charge in [0.25, 0.3) is 5.56 Å². The lowest BCUT2D eigenvalue weighted by Crippen LogP contribution is -2.39. The van der Waals surface area contributed by atoms with Gasteiger partial charge in [0, 0.05) is 36.2 Å². The van der Waals surface area contributed by atoms with Crippen molar-refractivity contribution in [3.05, 3.63) is 130 Å². The Hall–Kier alpha value is -4.30. The molecule has 4 heterocycles. The van der Waals surface area contributed by atoms with E-state index in [1.807, 2.05) is 60.8 Å². The van der Waals surface area contributed by atoms with Crippen molar-refractivity contribution in [3.63, 3.8) is 0 Å². The standard InChI is InChI=1S/C35H30ClN3O4/c1-39-21-28(26-17-19-42-31(26)33(39)40)23-15-16-29-27(20-23)32(38-34(36)37-29)35(24-10-4-2-5-11-24,25-12-6-3-7-13-25)22-43-30-14-8-9-18-41-30/h2-7,10-13,15-17,19-21,30H,8-9,14,18,22H2,1H3. The first-order valence-electron chi connectivity index (χ1n) is 14.4. The van der Waals surface area contributed by atoms with Gasteiger partial charge in [0.1, 0.15) is 0 Å². The summed E-state index contributed by atoms with van der Waals surface area (Å²) in [4.78, 5) is 22.3. The van der Waals surface area contributed by atoms with Gasteiger partial charge in [-0.1, -0.05) is 66.7 Å². The third-order valence-corrected chi connectivity index (χ3v) is 8.50. The van der Waals surface area contributed by atoms with Crippen molar-refractivity contribution < 1.29 is 13.9 Å². The summed E-state index contributed by atoms with van der Waals surface area (Å²) in [6, 6.07) is 28.4. The minimum Gasteiger partial charge on any atom is -0.458 e. The van der Waals surface area contributed by atoms with Gasteiger partial charge in [0.05, 0.1) is 29.5 Å². The highest BCUT2D eigenvalue weighted by molar-refractivity contribution is 6.28. The quantitative estimate of drug-likeness (QED) is 0.182. The summed E-state index contributed by atoms with van der Waals surface area (Å²) in [6.07, 6.45) is 6.00. The van der Waals surface area contributed by atoms with Crippen LogP contribution in [0.15, 0.2) is 107 Å². The summed E-state index contributed by atoms with van der Waals surface area (Å²) >= 11 is 6.67. The topological polar surface area (TPSA) is 79.4 Å². The van der Waals surface area contributed by atoms with Crippen molar-refractivity contribution >= 4 is 33.5 Å². The largest absolute Gasteiger partial charge is 0.458 e. The average Bonchev–Trinajstić information content (AvgIpc) is 3.55. The van der Waals surface area contributed by atoms with E-state index in [0.29, 0.717) is 17.7 Å². The molecule has 0 bridgehead atoms. The molecule has 0 radical (unpaired) electrons. The fourth-order valence-electron chi connectivity index (χ4n) is 6.17. The van der Waals surface area contributed by atoms with Crippen LogP contribution in [0.3, 0.4) is 0 Å². The molecule has 216 valence electrons. The molecule has 6 aromatic rings. The van der Waals surface area contributed by atoms with E-state index in [2.05, 4.69) is 35.3 Å². The minimum atomic E-state index is -0.846. The van der Waals surface area contributed by atoms with Crippen molar-refractivity contribution in [2.75, 3.05) is 13.2 Å². The third kappa shape index (κ3) is 4.93. The van der Waals surface area contributed by atoms with Gasteiger partial charge in [-0.3, -0.25) is 4.79 Å². The molecule has 7 rings (SSSR count). The second kappa shape index (κ2) is 11.4. The number of fused-ring (bicyclic) bond motifs is 2. The zero-order valence-electron chi connectivity index (χ0n) is 23.7. The molecule has 8 heteroatoms. The summed E-state index contributed by atoms with van der Waals surface area (Å²) in [5.41, 5.74) is 4.50. The van der Waals surface area contributed by atoms with Gasteiger partial charge in [0.15, 0.2) is 11.9 Å². The third-order valence-electron chi connectivity index (χ3n) is 8.33. The summed E-state index contributed by atoms with van der Waals surface area (Å²) in [5.74, 6) is 0. The van der Waals surface area contributed by atoms with E-state index in [9.17, 15) is 4.79 Å². The van der Waals surface area contributed by atoms with E-state index in [0.717, 1.165) is 58.0 Å². The van der Waals surface area contributed by atoms with Gasteiger partial charge in [-0.25, -0.2) is 9.97 Å². The van der Waals surface area contributed by atoms with E-state index < -0.39 is 5.41 Å². The fourth-order valence-corrected chi connectivity index (χ4v) is 6.35. The number of hydrogen-bond acceptors (Lipinski definition) is 6. The number of rotatable bonds is 7. The Kier molecular flexibility index (Phi) is 7.31. The van der Waals surface area contributed by atoms with Crippen molar-refractivity contribution in [2.24, 2.45) is 7.05 Å². The Morgan fingerprint density at radius 3 is 2.40 bits per heavy atom. The molecule has 43 heavy (non-hydrogen) atoms. The van der Waals surface area contributed by atoms with E-state index in [1.54, 1.807) is 17.9 Å². The number of nitrogens with zero attached hydrogens (tertiary/aromatic N) is 3. The second-order valence-corrected chi connectivity index (χ2v) is 11.3. The molecule has 0 amide bonds. The number of ether oxygens (including phenoxy) is 2. The van der Waals surface area contributed by atoms with Gasteiger partial charge in [-0.05, 0) is 65.8 Å². The number of furan rings is 1. The highest BCUT2D eigenvalue weighted by atomic mass is 35.5. The van der Waals surface area contributed by atoms with Gasteiger partial charge >= 0.3 is 0 Å². The first-order valence-corrected chi connectivity index (χ1v) is 14.8. The lowest BCUT2D eigenvalue weighted by Gasteiger charge is -2.37. The number of halogens is 1. The molecular weight excluding hydrogens is 562 g/mol. The Morgan fingerprint density at radius 1 is 0.953 bits per heavy atom. The maximum atomic E-state index is 12.7. The van der Waals surface area contributed by atoms with Crippen molar-refractivity contribution in [1.82, 2.24) is 14.5 Å². The van der Waals surface area contributed by atoms with E-state index in [1.165, 1.54) is 0 Å². The monoisotopic (exact) mass is 591 g/mol. The predicted molar refractivity (Wildman–Crippen MR) is 167 cm³/mol. The van der Waals surface area contributed by atoms with Crippen LogP contribution in [0.1, 0.15) is 36.1 Å². The van der Waals surface area contributed by atoms with E-state index >= 15 is 0 Å². The molecule has 0 saturated carbocycles. The molecule has 0 N–H and O–H groups in total. The highest BCUT2D eigenvalue weighted by Gasteiger charge is 2.41. The van der Waals surface area contributed by atoms with Crippen LogP contribution in [0.2, 0.25) is 5.28 Å². The normalized spacial score (nSPS) is 15.7. The zero-order chi connectivity index (χ0) is 29.4. The predicted octanol–water partition coefficient (Wildman–Crippen LogP) is 7.27. The molecule has 7 nitrogen and oxygen atoms in total. The SMILES string of the molecule is Cn1cc(-c2ccc3nc(Cl)nc(C(COC4CCCCO4)(c4ccccc4)c4ccccc4)c3c2)c2ccoc2c1=O. The highest BCUT2D eigenvalue weighted by Crippen LogP contribution is 2.43. The minimum absolute atomic E-state index is 0.153. The maximum Gasteiger partial charge on any atom is 0.293 e. The molecule has 1 saturated heterocycles. The van der Waals surface area contributed by atoms with Crippen LogP contribution in [0, 0.1) is 0 Å². The zero-order valence-corrected chi connectivity index (χ0v) is 24.5. The van der Waals surface area contributed by atoms with Gasteiger partial charge in [0.2, 0.25) is 5.28 Å². The molecule has 1 atom stereocenters. The van der Waals surface area contributed by atoms with E-state index in [-0.39, 0.29) is 23.7 Å². The second-order valence-electron chi connectivity index (χ2n) is 10.9. The molecule has 3 aromatic heterocycles. The number of benzene rings is 3. The van der Waals surface area contributed by atoms with Crippen LogP contribution in [-0.2, 0) is 21.9 Å². The summed E-state index contributed by atoms with van der Waals surface area (Å²) in [5, 5.41) is 1.72. The van der Waals surface area contributed by atoms with E-state index in [4.69, 9.17) is 30.5 Å². The number of aromatic nitrogens is 3. The fraction of sp³-hybridized carbons (Fsp3) is 0.229. The van der Waals surface area contributed by atoms with Crippen LogP contribution < -0.4 is 5.56 Å². The van der Waals surface area contributed by atoms with Crippen LogP contribution in [0.25, 0.3) is 33.0 Å². The van der Waals surface area contributed by atoms with Gasteiger partial charge in [-0.2, -0.15) is 0 Å². The Balaban J connectivity index is 1.51. The molecule has 1 unspecified atom stereocenters. The Bertz CT molecular complexity index is 1930. The molecule has 1 fully saturated rings. The van der Waals surface area contributed by atoms with Crippen molar-refractivity contribution in [1.29, 1.82) is 0 Å². The average molecular weight is 592 g/mol. The molecule has 1 aliphatic rings. The molecule has 3 aromatic carbocycles. The van der Waals surface area contributed by atoms with Crippen molar-refractivity contribution in [3.8, 4) is 11.1 Å². The molecular formula is C35H30ClN3O4. The molecule has 0 spiro atoms. The lowest BCUT2D eigenvalue weighted by molar-refractivity contribution is -0.167. The summed E-state index contributed by atoms with van der Waals surface area (Å²) in [7, 11) is 1.73. The molecule has 0 aliphatic carbocycles. The number of hydrogen-bond donors (Lipinski definition) is 0. The summed E-state index contributed by atoms with van der Waals surface area (Å²) < 4.78 is 19.7. The number of pyridine rings is 1. The first kappa shape index (κ1) is 27.5. The van der Waals surface area contributed by atoms with Crippen LogP contribution >= 0.6 is 11.6 Å². The maximum absolute atomic E-state index is 12.7. The smallest absolute Gasteiger partial charge is 0.293 e. The Labute approximate surface area is 253 Å². The van der Waals surface area contributed by atoms with Crippen LogP contribution in [0.4, 0.5) is 0 Å². The molecule has 1 aliphatic heterocycles. The number of aryl methyl sites for hydroxylation is 1. The van der Waals surface area contributed by atoms with Gasteiger partial charge < -0.3 is 18.5 Å². The lowest BCUT2D eigenvalue weighted by atomic mass is 9.71. The first-order chi connectivity index (χ1) is 21.0. The van der Waals surface area contributed by atoms with Crippen molar-refractivity contribution in [2.45, 2.75) is 31.0 Å². The van der Waals surface area contributed by atoms with Crippen LogP contribution in [-0.4, -0.2) is 34.0 Å². The van der Waals surface area contributed by atoms with Crippen LogP contribution in [0.5, 0.6) is 0 Å². The van der Waals surface area contributed by atoms with Gasteiger partial charge in [-0.15, -0.1) is 0 Å². The Morgan fingerprint density at radius 2 is 1.70 bits per heavy atom.